The molecule has 0 saturated heterocycles. The van der Waals surface area contributed by atoms with E-state index in [0.29, 0.717) is 11.8 Å². The van der Waals surface area contributed by atoms with Crippen LogP contribution in [0.25, 0.3) is 0 Å². The molecule has 0 spiro atoms. The molecule has 0 aromatic carbocycles. The van der Waals surface area contributed by atoms with Gasteiger partial charge in [-0.3, -0.25) is 0 Å². The van der Waals surface area contributed by atoms with Crippen LogP contribution >= 0.6 is 0 Å². The Kier molecular flexibility index (Phi) is 2.56. The van der Waals surface area contributed by atoms with Gasteiger partial charge in [-0.25, -0.2) is 0 Å². The molecule has 2 aliphatic rings. The van der Waals surface area contributed by atoms with E-state index in [1.807, 2.05) is 0 Å². The van der Waals surface area contributed by atoms with Crippen LogP contribution in [0, 0.1) is 17.8 Å². The summed E-state index contributed by atoms with van der Waals surface area (Å²) < 4.78 is 0. The number of fused-ring (bicyclic) bond motifs is 1. The largest absolute Gasteiger partial charge is 0.411 e. The van der Waals surface area contributed by atoms with Crippen LogP contribution in [0.2, 0.25) is 0 Å². The molecule has 0 aromatic heterocycles. The molecule has 2 nitrogen and oxygen atoms in total. The molecule has 0 aliphatic heterocycles. The Morgan fingerprint density at radius 1 is 1.23 bits per heavy atom. The summed E-state index contributed by atoms with van der Waals surface area (Å²) in [7, 11) is 0. The first kappa shape index (κ1) is 9.04. The predicted octanol–water partition coefficient (Wildman–Crippen LogP) is 3.05. The molecule has 2 fully saturated rings. The molecule has 3 atom stereocenters. The van der Waals surface area contributed by atoms with Crippen molar-refractivity contribution in [2.24, 2.45) is 22.9 Å². The van der Waals surface area contributed by atoms with Crippen LogP contribution in [0.5, 0.6) is 0 Å². The number of nitrogens with zero attached hydrogens (tertiary/aromatic N) is 1. The lowest BCUT2D eigenvalue weighted by Crippen LogP contribution is -2.15. The van der Waals surface area contributed by atoms with Gasteiger partial charge in [-0.1, -0.05) is 31.3 Å². The highest BCUT2D eigenvalue weighted by Gasteiger charge is 2.38. The zero-order valence-corrected chi connectivity index (χ0v) is 8.37. The summed E-state index contributed by atoms with van der Waals surface area (Å²) in [5, 5.41) is 12.5. The van der Waals surface area contributed by atoms with Crippen LogP contribution in [0.1, 0.15) is 45.4 Å². The average molecular weight is 181 g/mol. The fourth-order valence-electron chi connectivity index (χ4n) is 3.17. The Hall–Kier alpha value is -0.530. The van der Waals surface area contributed by atoms with E-state index in [0.717, 1.165) is 11.6 Å². The van der Waals surface area contributed by atoms with Gasteiger partial charge >= 0.3 is 0 Å². The van der Waals surface area contributed by atoms with Crippen molar-refractivity contribution in [3.63, 3.8) is 0 Å². The van der Waals surface area contributed by atoms with Crippen LogP contribution in [0.3, 0.4) is 0 Å². The van der Waals surface area contributed by atoms with Crippen molar-refractivity contribution in [2.45, 2.75) is 45.4 Å². The van der Waals surface area contributed by atoms with Gasteiger partial charge < -0.3 is 5.21 Å². The van der Waals surface area contributed by atoms with E-state index >= 15 is 0 Å². The SMILES string of the molecule is CC1CC2CCCCCC2/C1=N/O. The van der Waals surface area contributed by atoms with E-state index < -0.39 is 0 Å². The molecule has 3 unspecified atom stereocenters. The lowest BCUT2D eigenvalue weighted by atomic mass is 9.91. The minimum Gasteiger partial charge on any atom is -0.411 e. The van der Waals surface area contributed by atoms with Crippen LogP contribution in [-0.2, 0) is 0 Å². The topological polar surface area (TPSA) is 32.6 Å². The Morgan fingerprint density at radius 3 is 2.77 bits per heavy atom. The smallest absolute Gasteiger partial charge is 0.0632 e. The van der Waals surface area contributed by atoms with Crippen molar-refractivity contribution in [3.8, 4) is 0 Å². The molecule has 2 rings (SSSR count). The molecule has 0 heterocycles. The standard InChI is InChI=1S/C11H19NO/c1-8-7-9-5-3-2-4-6-10(9)11(8)12-13/h8-10,13H,2-7H2,1H3/b12-11+. The Labute approximate surface area is 80.0 Å². The average Bonchev–Trinajstić information content (AvgIpc) is 2.32. The van der Waals surface area contributed by atoms with Crippen LogP contribution in [0.4, 0.5) is 0 Å². The number of hydrogen-bond acceptors (Lipinski definition) is 2. The van der Waals surface area contributed by atoms with Gasteiger partial charge in [0.1, 0.15) is 0 Å². The van der Waals surface area contributed by atoms with E-state index in [9.17, 15) is 0 Å². The Balaban J connectivity index is 2.14. The van der Waals surface area contributed by atoms with Crippen molar-refractivity contribution in [1.29, 1.82) is 0 Å². The first-order valence-corrected chi connectivity index (χ1v) is 5.54. The highest BCUT2D eigenvalue weighted by molar-refractivity contribution is 5.90. The molecule has 0 aromatic rings. The summed E-state index contributed by atoms with van der Waals surface area (Å²) in [4.78, 5) is 0. The molecule has 0 amide bonds. The van der Waals surface area contributed by atoms with E-state index in [-0.39, 0.29) is 0 Å². The number of rotatable bonds is 0. The molecule has 2 aliphatic carbocycles. The maximum atomic E-state index is 8.96. The molecule has 0 bridgehead atoms. The second-order valence-corrected chi connectivity index (χ2v) is 4.67. The van der Waals surface area contributed by atoms with Gasteiger partial charge in [-0.15, -0.1) is 0 Å². The van der Waals surface area contributed by atoms with Crippen molar-refractivity contribution in [3.05, 3.63) is 0 Å². The van der Waals surface area contributed by atoms with Crippen LogP contribution in [-0.4, -0.2) is 10.9 Å². The lowest BCUT2D eigenvalue weighted by molar-refractivity contribution is 0.311. The Bertz CT molecular complexity index is 212. The van der Waals surface area contributed by atoms with Crippen molar-refractivity contribution in [1.82, 2.24) is 0 Å². The summed E-state index contributed by atoms with van der Waals surface area (Å²) in [6, 6.07) is 0. The molecule has 13 heavy (non-hydrogen) atoms. The molecule has 74 valence electrons. The molecule has 2 saturated carbocycles. The second-order valence-electron chi connectivity index (χ2n) is 4.67. The summed E-state index contributed by atoms with van der Waals surface area (Å²) in [6.45, 7) is 2.20. The molecule has 2 heteroatoms. The Morgan fingerprint density at radius 2 is 2.00 bits per heavy atom. The zero-order chi connectivity index (χ0) is 9.26. The van der Waals surface area contributed by atoms with Gasteiger partial charge in [0.25, 0.3) is 0 Å². The highest BCUT2D eigenvalue weighted by Crippen LogP contribution is 2.42. The molecular weight excluding hydrogens is 162 g/mol. The minimum absolute atomic E-state index is 0.526. The quantitative estimate of drug-likeness (QED) is 0.452. The fourth-order valence-corrected chi connectivity index (χ4v) is 3.17. The van der Waals surface area contributed by atoms with Crippen LogP contribution < -0.4 is 0 Å². The summed E-state index contributed by atoms with van der Waals surface area (Å²) in [6.07, 6.45) is 7.95. The van der Waals surface area contributed by atoms with Gasteiger partial charge in [0.15, 0.2) is 0 Å². The van der Waals surface area contributed by atoms with Crippen molar-refractivity contribution in [2.75, 3.05) is 0 Å². The lowest BCUT2D eigenvalue weighted by Gasteiger charge is -2.14. The first-order valence-electron chi connectivity index (χ1n) is 5.54. The van der Waals surface area contributed by atoms with E-state index in [2.05, 4.69) is 12.1 Å². The van der Waals surface area contributed by atoms with E-state index in [1.165, 1.54) is 38.5 Å². The minimum atomic E-state index is 0.526. The van der Waals surface area contributed by atoms with E-state index in [4.69, 9.17) is 5.21 Å². The van der Waals surface area contributed by atoms with Gasteiger partial charge in [0.05, 0.1) is 5.71 Å². The van der Waals surface area contributed by atoms with Gasteiger partial charge in [0, 0.05) is 5.92 Å². The maximum Gasteiger partial charge on any atom is 0.0632 e. The first-order chi connectivity index (χ1) is 6.33. The van der Waals surface area contributed by atoms with Crippen LogP contribution in [0.15, 0.2) is 5.16 Å². The third kappa shape index (κ3) is 1.59. The monoisotopic (exact) mass is 181 g/mol. The highest BCUT2D eigenvalue weighted by atomic mass is 16.4. The summed E-state index contributed by atoms with van der Waals surface area (Å²) >= 11 is 0. The molecule has 0 radical (unpaired) electrons. The van der Waals surface area contributed by atoms with Gasteiger partial charge in [-0.2, -0.15) is 0 Å². The number of hydrogen-bond donors (Lipinski definition) is 1. The normalized spacial score (nSPS) is 43.2. The predicted molar refractivity (Wildman–Crippen MR) is 53.1 cm³/mol. The second kappa shape index (κ2) is 3.69. The van der Waals surface area contributed by atoms with Crippen molar-refractivity contribution >= 4 is 5.71 Å². The van der Waals surface area contributed by atoms with Gasteiger partial charge in [-0.05, 0) is 31.1 Å². The molecule has 1 N–H and O–H groups in total. The maximum absolute atomic E-state index is 8.96. The van der Waals surface area contributed by atoms with Crippen molar-refractivity contribution < 1.29 is 5.21 Å². The number of oxime groups is 1. The zero-order valence-electron chi connectivity index (χ0n) is 8.37. The van der Waals surface area contributed by atoms with E-state index in [1.54, 1.807) is 0 Å². The fraction of sp³-hybridized carbons (Fsp3) is 0.909. The molecular formula is C11H19NO. The third-order valence-corrected chi connectivity index (χ3v) is 3.82. The third-order valence-electron chi connectivity index (χ3n) is 3.82. The van der Waals surface area contributed by atoms with Gasteiger partial charge in [0.2, 0.25) is 0 Å². The summed E-state index contributed by atoms with van der Waals surface area (Å²) in [5.41, 5.74) is 1.09. The summed E-state index contributed by atoms with van der Waals surface area (Å²) in [5.74, 6) is 1.96.